The fraction of sp³-hybridized carbons (Fsp3) is 0.238. The normalized spacial score (nSPS) is 24.4. The van der Waals surface area contributed by atoms with Gasteiger partial charge in [0.25, 0.3) is 0 Å². The van der Waals surface area contributed by atoms with Gasteiger partial charge < -0.3 is 21.1 Å². The second-order valence-electron chi connectivity index (χ2n) is 7.70. The number of fused-ring (bicyclic) bond motifs is 3. The van der Waals surface area contributed by atoms with Crippen LogP contribution in [0.2, 0.25) is 5.02 Å². The molecule has 3 aromatic rings. The fourth-order valence-corrected chi connectivity index (χ4v) is 4.78. The molecule has 1 aromatic carbocycles. The highest BCUT2D eigenvalue weighted by molar-refractivity contribution is 6.34. The summed E-state index contributed by atoms with van der Waals surface area (Å²) >= 11 is 6.45. The van der Waals surface area contributed by atoms with Crippen LogP contribution in [0.3, 0.4) is 0 Å². The van der Waals surface area contributed by atoms with Gasteiger partial charge in [-0.05, 0) is 30.4 Å². The maximum atomic E-state index is 12.1. The van der Waals surface area contributed by atoms with Gasteiger partial charge in [0.05, 0.1) is 28.4 Å². The topological polar surface area (TPSA) is 134 Å². The third-order valence-corrected chi connectivity index (χ3v) is 6.24. The van der Waals surface area contributed by atoms with E-state index in [1.54, 1.807) is 18.2 Å². The number of carboxylic acid groups (broad SMARTS) is 1. The van der Waals surface area contributed by atoms with Gasteiger partial charge in [0.15, 0.2) is 5.65 Å². The molecule has 0 aliphatic heterocycles. The molecule has 2 aromatic heterocycles. The molecule has 1 saturated carbocycles. The van der Waals surface area contributed by atoms with Gasteiger partial charge in [-0.15, -0.1) is 0 Å². The number of aromatic amines is 1. The lowest BCUT2D eigenvalue weighted by Crippen LogP contribution is -2.41. The van der Waals surface area contributed by atoms with Gasteiger partial charge in [-0.1, -0.05) is 35.9 Å². The van der Waals surface area contributed by atoms with E-state index >= 15 is 0 Å². The van der Waals surface area contributed by atoms with Crippen molar-refractivity contribution in [2.75, 3.05) is 5.32 Å². The molecule has 0 spiro atoms. The second-order valence-corrected chi connectivity index (χ2v) is 8.10. The minimum atomic E-state index is -1.02. The van der Waals surface area contributed by atoms with Gasteiger partial charge in [-0.2, -0.15) is 0 Å². The smallest absolute Gasteiger partial charge is 0.335 e. The number of allylic oxidation sites excluding steroid dienone is 1. The molecule has 2 bridgehead atoms. The number of aromatic nitrogens is 3. The summed E-state index contributed by atoms with van der Waals surface area (Å²) in [5.74, 6) is -0.849. The lowest BCUT2D eigenvalue weighted by molar-refractivity contribution is -0.122. The van der Waals surface area contributed by atoms with Crippen molar-refractivity contribution in [1.82, 2.24) is 15.0 Å². The molecule has 9 heteroatoms. The molecule has 1 amide bonds. The zero-order valence-corrected chi connectivity index (χ0v) is 16.4. The van der Waals surface area contributed by atoms with Crippen molar-refractivity contribution in [3.8, 4) is 11.4 Å². The predicted octanol–water partition coefficient (Wildman–Crippen LogP) is 3.06. The maximum absolute atomic E-state index is 12.1. The van der Waals surface area contributed by atoms with Gasteiger partial charge in [-0.25, -0.2) is 14.8 Å². The molecule has 5 N–H and O–H groups in total. The molecular weight excluding hydrogens is 406 g/mol. The van der Waals surface area contributed by atoms with Crippen LogP contribution in [0.15, 0.2) is 42.6 Å². The summed E-state index contributed by atoms with van der Waals surface area (Å²) in [5, 5.41) is 13.1. The van der Waals surface area contributed by atoms with Crippen molar-refractivity contribution < 1.29 is 14.7 Å². The number of carboxylic acids is 1. The molecule has 2 aliphatic rings. The molecule has 2 heterocycles. The molecule has 30 heavy (non-hydrogen) atoms. The first-order valence-corrected chi connectivity index (χ1v) is 9.92. The summed E-state index contributed by atoms with van der Waals surface area (Å²) in [6.07, 6.45) is 6.57. The number of benzene rings is 1. The summed E-state index contributed by atoms with van der Waals surface area (Å²) in [7, 11) is 0. The molecular formula is C21H18ClN5O3. The Kier molecular flexibility index (Phi) is 4.25. The molecule has 1 fully saturated rings. The monoisotopic (exact) mass is 423 g/mol. The largest absolute Gasteiger partial charge is 0.478 e. The van der Waals surface area contributed by atoms with Crippen LogP contribution in [0.1, 0.15) is 16.8 Å². The summed E-state index contributed by atoms with van der Waals surface area (Å²) in [6.45, 7) is 0. The Hall–Kier alpha value is -3.39. The van der Waals surface area contributed by atoms with E-state index in [0.717, 1.165) is 6.42 Å². The molecule has 8 nitrogen and oxygen atoms in total. The van der Waals surface area contributed by atoms with Crippen molar-refractivity contribution in [2.24, 2.45) is 23.5 Å². The van der Waals surface area contributed by atoms with E-state index < -0.39 is 5.97 Å². The highest BCUT2D eigenvalue weighted by Crippen LogP contribution is 2.46. The number of hydrogen-bond donors (Lipinski definition) is 4. The molecule has 5 rings (SSSR count). The van der Waals surface area contributed by atoms with E-state index in [9.17, 15) is 14.7 Å². The highest BCUT2D eigenvalue weighted by atomic mass is 35.5. The standard InChI is InChI=1S/C21H18ClN5O3/c22-13-8-24-20-17(26-19(27-20)11-2-1-3-12(7-11)21(29)30)16(13)25-15-10-5-4-9(6-10)14(15)18(23)28/h1-5,7-10,14-15H,6H2,(H2,23,28)(H,29,30)(H2,24,25,26,27)/t9-,10-,14-,15-/m1/s1. The number of carbonyl (C=O) groups is 2. The number of imidazole rings is 1. The minimum absolute atomic E-state index is 0.136. The van der Waals surface area contributed by atoms with Crippen LogP contribution >= 0.6 is 11.6 Å². The Morgan fingerprint density at radius 1 is 1.27 bits per heavy atom. The van der Waals surface area contributed by atoms with Crippen LogP contribution in [-0.2, 0) is 4.79 Å². The molecule has 0 radical (unpaired) electrons. The number of anilines is 1. The quantitative estimate of drug-likeness (QED) is 0.466. The maximum Gasteiger partial charge on any atom is 0.335 e. The lowest BCUT2D eigenvalue weighted by atomic mass is 9.88. The predicted molar refractivity (Wildman–Crippen MR) is 112 cm³/mol. The molecule has 152 valence electrons. The van der Waals surface area contributed by atoms with Gasteiger partial charge in [0, 0.05) is 11.6 Å². The first-order valence-electron chi connectivity index (χ1n) is 9.54. The number of pyridine rings is 1. The van der Waals surface area contributed by atoms with E-state index in [2.05, 4.69) is 32.4 Å². The zero-order valence-electron chi connectivity index (χ0n) is 15.7. The molecule has 0 saturated heterocycles. The van der Waals surface area contributed by atoms with Gasteiger partial charge in [-0.3, -0.25) is 4.79 Å². The molecule has 0 unspecified atom stereocenters. The van der Waals surface area contributed by atoms with E-state index in [4.69, 9.17) is 17.3 Å². The van der Waals surface area contributed by atoms with Gasteiger partial charge in [0.1, 0.15) is 11.3 Å². The first kappa shape index (κ1) is 18.6. The lowest BCUT2D eigenvalue weighted by Gasteiger charge is -2.28. The van der Waals surface area contributed by atoms with Crippen LogP contribution in [0.25, 0.3) is 22.6 Å². The Bertz CT molecular complexity index is 1220. The summed E-state index contributed by atoms with van der Waals surface area (Å²) in [6, 6.07) is 6.32. The van der Waals surface area contributed by atoms with Crippen molar-refractivity contribution in [3.63, 3.8) is 0 Å². The third kappa shape index (κ3) is 2.91. The number of carbonyl (C=O) groups excluding carboxylic acids is 1. The molecule has 4 atom stereocenters. The number of primary amides is 1. The fourth-order valence-electron chi connectivity index (χ4n) is 4.58. The number of hydrogen-bond acceptors (Lipinski definition) is 5. The van der Waals surface area contributed by atoms with Crippen molar-refractivity contribution in [1.29, 1.82) is 0 Å². The number of rotatable bonds is 5. The Morgan fingerprint density at radius 3 is 2.83 bits per heavy atom. The number of amides is 1. The number of nitrogens with two attached hydrogens (primary N) is 1. The SMILES string of the molecule is NC(=O)[C@H]1[C@H](Nc2c(Cl)cnc3nc(-c4cccc(C(=O)O)c4)[nH]c23)[C@@H]2C=C[C@@H]1C2. The highest BCUT2D eigenvalue weighted by Gasteiger charge is 2.47. The number of H-pyrrole nitrogens is 1. The summed E-state index contributed by atoms with van der Waals surface area (Å²) in [4.78, 5) is 35.3. The Balaban J connectivity index is 1.56. The minimum Gasteiger partial charge on any atom is -0.478 e. The zero-order chi connectivity index (χ0) is 21.0. The summed E-state index contributed by atoms with van der Waals surface area (Å²) < 4.78 is 0. The number of nitrogens with one attached hydrogen (secondary N) is 2. The van der Waals surface area contributed by atoms with Crippen molar-refractivity contribution in [3.05, 3.63) is 53.2 Å². The van der Waals surface area contributed by atoms with Crippen molar-refractivity contribution in [2.45, 2.75) is 12.5 Å². The third-order valence-electron chi connectivity index (χ3n) is 5.96. The van der Waals surface area contributed by atoms with Crippen LogP contribution in [0, 0.1) is 17.8 Å². The Morgan fingerprint density at radius 2 is 2.07 bits per heavy atom. The molecule has 2 aliphatic carbocycles. The average molecular weight is 424 g/mol. The Labute approximate surface area is 176 Å². The van der Waals surface area contributed by atoms with Gasteiger partial charge in [0.2, 0.25) is 5.91 Å². The number of nitrogens with zero attached hydrogens (tertiary/aromatic N) is 2. The number of halogens is 1. The van der Waals surface area contributed by atoms with Gasteiger partial charge >= 0.3 is 5.97 Å². The van der Waals surface area contributed by atoms with E-state index in [-0.39, 0.29) is 35.3 Å². The second kappa shape index (κ2) is 6.84. The van der Waals surface area contributed by atoms with E-state index in [1.165, 1.54) is 12.3 Å². The van der Waals surface area contributed by atoms with Crippen LogP contribution < -0.4 is 11.1 Å². The summed E-state index contributed by atoms with van der Waals surface area (Å²) in [5.41, 5.74) is 8.08. The van der Waals surface area contributed by atoms with E-state index in [0.29, 0.717) is 33.3 Å². The first-order chi connectivity index (χ1) is 14.4. The van der Waals surface area contributed by atoms with Crippen LogP contribution in [0.5, 0.6) is 0 Å². The van der Waals surface area contributed by atoms with Crippen LogP contribution in [-0.4, -0.2) is 38.0 Å². The number of aromatic carboxylic acids is 1. The average Bonchev–Trinajstić information content (AvgIpc) is 3.44. The van der Waals surface area contributed by atoms with E-state index in [1.807, 2.05) is 0 Å². The van der Waals surface area contributed by atoms with Crippen LogP contribution in [0.4, 0.5) is 5.69 Å². The van der Waals surface area contributed by atoms with Crippen molar-refractivity contribution >= 4 is 40.3 Å².